The third-order valence-electron chi connectivity index (χ3n) is 5.27. The van der Waals surface area contributed by atoms with Crippen LogP contribution < -0.4 is 16.0 Å². The van der Waals surface area contributed by atoms with Gasteiger partial charge in [0.1, 0.15) is 29.7 Å². The maximum Gasteiger partial charge on any atom is 0.330 e. The Balaban J connectivity index is 2.25. The van der Waals surface area contributed by atoms with Crippen LogP contribution in [0.4, 0.5) is 28.7 Å². The van der Waals surface area contributed by atoms with Gasteiger partial charge in [0.25, 0.3) is 0 Å². The number of hydrogen-bond acceptors (Lipinski definition) is 9. The number of nitriles is 1. The molecule has 0 radical (unpaired) electrons. The van der Waals surface area contributed by atoms with E-state index >= 15 is 0 Å². The van der Waals surface area contributed by atoms with Crippen LogP contribution in [-0.2, 0) is 19.1 Å². The number of ether oxygens (including phenoxy) is 1. The van der Waals surface area contributed by atoms with Gasteiger partial charge in [0.05, 0.1) is 12.1 Å². The molecule has 0 saturated heterocycles. The first kappa shape index (κ1) is 28.5. The topological polar surface area (TPSA) is 166 Å². The van der Waals surface area contributed by atoms with Crippen molar-refractivity contribution < 1.29 is 19.1 Å². The molecule has 1 amide bonds. The number of benzene rings is 1. The van der Waals surface area contributed by atoms with Crippen molar-refractivity contribution in [2.75, 3.05) is 35.6 Å². The molecule has 0 atom stereocenters. The molecule has 0 spiro atoms. The van der Waals surface area contributed by atoms with Crippen molar-refractivity contribution in [1.29, 1.82) is 5.26 Å². The van der Waals surface area contributed by atoms with Crippen LogP contribution in [0.5, 0.6) is 0 Å². The van der Waals surface area contributed by atoms with Gasteiger partial charge in [0, 0.05) is 31.3 Å². The van der Waals surface area contributed by atoms with E-state index in [0.29, 0.717) is 30.9 Å². The lowest BCUT2D eigenvalue weighted by atomic mass is 10.1. The number of esters is 1. The van der Waals surface area contributed by atoms with Crippen LogP contribution in [0.2, 0.25) is 0 Å². The summed E-state index contributed by atoms with van der Waals surface area (Å²) in [6, 6.07) is 8.76. The molecule has 11 nitrogen and oxygen atoms in total. The monoisotopic (exact) mass is 505 g/mol. The highest BCUT2D eigenvalue weighted by molar-refractivity contribution is 5.94. The molecule has 0 aliphatic heterocycles. The van der Waals surface area contributed by atoms with Crippen molar-refractivity contribution in [3.8, 4) is 6.07 Å². The van der Waals surface area contributed by atoms with Crippen molar-refractivity contribution in [2.24, 2.45) is 10.2 Å². The predicted octanol–water partition coefficient (Wildman–Crippen LogP) is 4.69. The van der Waals surface area contributed by atoms with Gasteiger partial charge in [-0.3, -0.25) is 9.59 Å². The van der Waals surface area contributed by atoms with E-state index in [1.54, 1.807) is 12.1 Å². The van der Waals surface area contributed by atoms with Gasteiger partial charge in [0.2, 0.25) is 5.91 Å². The molecule has 0 unspecified atom stereocenters. The first-order valence-corrected chi connectivity index (χ1v) is 11.7. The highest BCUT2D eigenvalue weighted by atomic mass is 16.5. The first-order chi connectivity index (χ1) is 17.8. The molecule has 0 aliphatic rings. The van der Waals surface area contributed by atoms with Crippen LogP contribution in [0.3, 0.4) is 0 Å². The molecule has 194 valence electrons. The lowest BCUT2D eigenvalue weighted by molar-refractivity contribution is -0.138. The number of azo groups is 1. The fourth-order valence-electron chi connectivity index (χ4n) is 3.33. The second-order valence-electron chi connectivity index (χ2n) is 7.88. The van der Waals surface area contributed by atoms with Gasteiger partial charge in [0.15, 0.2) is 11.6 Å². The molecule has 2 aromatic rings. The number of carbonyl (C=O) groups excluding carboxylic acids is 3. The Bertz CT molecular complexity index is 1210. The number of hydrogen-bond donors (Lipinski definition) is 3. The normalized spacial score (nSPS) is 10.5. The molecule has 0 saturated carbocycles. The minimum absolute atomic E-state index is 0.0184. The number of amides is 1. The minimum atomic E-state index is -0.615. The van der Waals surface area contributed by atoms with Gasteiger partial charge < -0.3 is 25.7 Å². The molecular weight excluding hydrogens is 474 g/mol. The van der Waals surface area contributed by atoms with E-state index < -0.39 is 11.9 Å². The zero-order valence-electron chi connectivity index (χ0n) is 20.8. The average molecular weight is 506 g/mol. The number of anilines is 3. The minimum Gasteiger partial charge on any atom is -0.462 e. The van der Waals surface area contributed by atoms with Gasteiger partial charge in [-0.15, -0.1) is 10.2 Å². The summed E-state index contributed by atoms with van der Waals surface area (Å²) in [7, 11) is 0. The average Bonchev–Trinajstić information content (AvgIpc) is 3.26. The number of H-pyrrole nitrogens is 1. The quantitative estimate of drug-likeness (QED) is 0.137. The van der Waals surface area contributed by atoms with E-state index in [4.69, 9.17) is 10.5 Å². The summed E-state index contributed by atoms with van der Waals surface area (Å²) in [6.07, 6.45) is 4.28. The summed E-state index contributed by atoms with van der Waals surface area (Å²) in [4.78, 5) is 40.1. The van der Waals surface area contributed by atoms with Crippen LogP contribution in [-0.4, -0.2) is 42.3 Å². The summed E-state index contributed by atoms with van der Waals surface area (Å²) in [6.45, 7) is 10.1. The molecule has 4 N–H and O–H groups in total. The Hall–Kier alpha value is -4.72. The van der Waals surface area contributed by atoms with Gasteiger partial charge >= 0.3 is 5.97 Å². The molecular formula is C26H31N7O4. The summed E-state index contributed by atoms with van der Waals surface area (Å²) in [5, 5.41) is 20.3. The molecule has 0 bridgehead atoms. The highest BCUT2D eigenvalue weighted by Gasteiger charge is 2.13. The van der Waals surface area contributed by atoms with Crippen LogP contribution in [0.15, 0.2) is 59.8 Å². The first-order valence-electron chi connectivity index (χ1n) is 11.7. The van der Waals surface area contributed by atoms with Crippen LogP contribution >= 0.6 is 0 Å². The molecule has 0 fully saturated rings. The van der Waals surface area contributed by atoms with E-state index in [2.05, 4.69) is 38.6 Å². The number of carbonyl (C=O) groups is 3. The van der Waals surface area contributed by atoms with Crippen molar-refractivity contribution in [1.82, 2.24) is 4.98 Å². The van der Waals surface area contributed by atoms with Crippen LogP contribution in [0.1, 0.15) is 38.2 Å². The lowest BCUT2D eigenvalue weighted by Gasteiger charge is -2.24. The van der Waals surface area contributed by atoms with E-state index in [0.717, 1.165) is 24.6 Å². The number of nitrogens with zero attached hydrogens (tertiary/aromatic N) is 4. The van der Waals surface area contributed by atoms with Crippen LogP contribution in [0, 0.1) is 11.3 Å². The number of aromatic nitrogens is 1. The number of rotatable bonds is 15. The third-order valence-corrected chi connectivity index (χ3v) is 5.27. The Kier molecular flexibility index (Phi) is 11.3. The fraction of sp³-hybridized carbons (Fsp3) is 0.308. The number of ketones is 1. The van der Waals surface area contributed by atoms with Gasteiger partial charge in [-0.05, 0) is 50.1 Å². The zero-order chi connectivity index (χ0) is 27.2. The zero-order valence-corrected chi connectivity index (χ0v) is 20.8. The van der Waals surface area contributed by atoms with Crippen LogP contribution in [0.25, 0.3) is 0 Å². The summed E-state index contributed by atoms with van der Waals surface area (Å²) in [5.74, 6) is -0.516. The van der Waals surface area contributed by atoms with Gasteiger partial charge in [-0.25, -0.2) is 4.79 Å². The van der Waals surface area contributed by atoms with Gasteiger partial charge in [-0.1, -0.05) is 13.2 Å². The molecule has 1 heterocycles. The summed E-state index contributed by atoms with van der Waals surface area (Å²) >= 11 is 0. The number of unbranched alkanes of at least 4 members (excludes halogenated alkanes) is 1. The predicted molar refractivity (Wildman–Crippen MR) is 142 cm³/mol. The SMILES string of the molecule is C=CC(=O)CCCCN(CC)c1ccc(/N=N/c2[nH]c(N)cc2C#N)c(NC(=O)CCOC(=O)C=C)c1. The van der Waals surface area contributed by atoms with E-state index in [1.165, 1.54) is 12.1 Å². The number of nitrogen functional groups attached to an aromatic ring is 1. The Morgan fingerprint density at radius 1 is 1.19 bits per heavy atom. The van der Waals surface area contributed by atoms with Crippen molar-refractivity contribution >= 4 is 46.4 Å². The molecule has 37 heavy (non-hydrogen) atoms. The number of allylic oxidation sites excluding steroid dienone is 1. The standard InChI is InChI=1S/C26H31N7O4/c1-4-20(34)9-7-8-13-33(6-3)19-10-11-21(31-32-26-18(17-27)15-23(28)30-26)22(16-19)29-24(35)12-14-37-25(36)5-2/h4-5,10-11,15-16,30H,1-2,6-9,12-14,28H2,3H3,(H,29,35)/b32-31+. The second kappa shape index (κ2) is 14.6. The van der Waals surface area contributed by atoms with E-state index in [-0.39, 0.29) is 36.0 Å². The smallest absolute Gasteiger partial charge is 0.330 e. The lowest BCUT2D eigenvalue weighted by Crippen LogP contribution is -2.24. The Morgan fingerprint density at radius 3 is 2.65 bits per heavy atom. The number of nitrogens with one attached hydrogen (secondary N) is 2. The Morgan fingerprint density at radius 2 is 1.97 bits per heavy atom. The van der Waals surface area contributed by atoms with Gasteiger partial charge in [-0.2, -0.15) is 5.26 Å². The molecule has 2 rings (SSSR count). The Labute approximate surface area is 215 Å². The number of aromatic amines is 1. The largest absolute Gasteiger partial charge is 0.462 e. The van der Waals surface area contributed by atoms with E-state index in [9.17, 15) is 19.6 Å². The maximum atomic E-state index is 12.5. The number of nitrogens with two attached hydrogens (primary N) is 1. The summed E-state index contributed by atoms with van der Waals surface area (Å²) in [5.41, 5.74) is 7.52. The van der Waals surface area contributed by atoms with Crippen molar-refractivity contribution in [3.05, 3.63) is 55.1 Å². The molecule has 11 heteroatoms. The second-order valence-corrected chi connectivity index (χ2v) is 7.88. The van der Waals surface area contributed by atoms with Crippen molar-refractivity contribution in [3.63, 3.8) is 0 Å². The van der Waals surface area contributed by atoms with Crippen molar-refractivity contribution in [2.45, 2.75) is 32.6 Å². The molecule has 1 aromatic carbocycles. The fourth-order valence-corrected chi connectivity index (χ4v) is 3.33. The molecule has 0 aliphatic carbocycles. The highest BCUT2D eigenvalue weighted by Crippen LogP contribution is 2.32. The third kappa shape index (κ3) is 9.10. The van der Waals surface area contributed by atoms with E-state index in [1.807, 2.05) is 19.1 Å². The summed E-state index contributed by atoms with van der Waals surface area (Å²) < 4.78 is 4.88. The maximum absolute atomic E-state index is 12.5. The molecule has 1 aromatic heterocycles.